The number of carboxylic acids is 1. The molecule has 0 aliphatic rings. The zero-order valence-electron chi connectivity index (χ0n) is 13.0. The van der Waals surface area contributed by atoms with E-state index in [4.69, 9.17) is 0 Å². The van der Waals surface area contributed by atoms with Gasteiger partial charge in [-0.05, 0) is 24.1 Å². The maximum Gasteiger partial charge on any atom is 0.322 e. The molecule has 0 aliphatic heterocycles. The van der Waals surface area contributed by atoms with Crippen molar-refractivity contribution in [2.75, 3.05) is 0 Å². The molecule has 2 unspecified atom stereocenters. The molecule has 0 fully saturated rings. The fourth-order valence-corrected chi connectivity index (χ4v) is 3.47. The molecule has 1 heterocycles. The predicted octanol–water partition coefficient (Wildman–Crippen LogP) is -0.00600. The van der Waals surface area contributed by atoms with Crippen molar-refractivity contribution in [3.63, 3.8) is 0 Å². The molecule has 0 radical (unpaired) electrons. The average Bonchev–Trinajstić information content (AvgIpc) is 2.52. The Kier molecular flexibility index (Phi) is 4.90. The monoisotopic (exact) mass is 355 g/mol. The number of H-pyrrole nitrogens is 2. The van der Waals surface area contributed by atoms with Crippen LogP contribution in [0.4, 0.5) is 0 Å². The van der Waals surface area contributed by atoms with Crippen molar-refractivity contribution in [1.82, 2.24) is 14.7 Å². The summed E-state index contributed by atoms with van der Waals surface area (Å²) in [5, 5.41) is 9.21. The number of hydrogen-bond acceptors (Lipinski definition) is 5. The number of aliphatic carboxylic acids is 1. The van der Waals surface area contributed by atoms with E-state index in [9.17, 15) is 27.9 Å². The molecule has 0 amide bonds. The molecule has 2 aromatic rings. The lowest BCUT2D eigenvalue weighted by molar-refractivity contribution is -0.140. The largest absolute Gasteiger partial charge is 0.480 e. The standard InChI is InChI=1S/C14H17N3O6S/c1-3-7(2)11(14(20)21)17-24(22,23)8-4-5-9-10(6-8)16-13(19)12(18)15-9/h4-7,11,17H,3H2,1-2H3,(H,15,18)(H,16,19)(H,20,21). The molecule has 24 heavy (non-hydrogen) atoms. The van der Waals surface area contributed by atoms with Crippen molar-refractivity contribution in [3.8, 4) is 0 Å². The van der Waals surface area contributed by atoms with Gasteiger partial charge in [-0.2, -0.15) is 4.72 Å². The van der Waals surface area contributed by atoms with Gasteiger partial charge >= 0.3 is 17.1 Å². The van der Waals surface area contributed by atoms with Gasteiger partial charge in [-0.15, -0.1) is 0 Å². The van der Waals surface area contributed by atoms with Crippen molar-refractivity contribution in [2.45, 2.75) is 31.2 Å². The van der Waals surface area contributed by atoms with E-state index < -0.39 is 39.1 Å². The fraction of sp³-hybridized carbons (Fsp3) is 0.357. The smallest absolute Gasteiger partial charge is 0.322 e. The first-order chi connectivity index (χ1) is 11.2. The van der Waals surface area contributed by atoms with Crippen LogP contribution in [-0.2, 0) is 14.8 Å². The number of fused-ring (bicyclic) bond motifs is 1. The third kappa shape index (κ3) is 3.54. The highest BCUT2D eigenvalue weighted by molar-refractivity contribution is 7.89. The van der Waals surface area contributed by atoms with Crippen molar-refractivity contribution in [1.29, 1.82) is 0 Å². The number of nitrogens with one attached hydrogen (secondary N) is 3. The molecule has 2 atom stereocenters. The summed E-state index contributed by atoms with van der Waals surface area (Å²) in [6.07, 6.45) is 0.478. The molecule has 0 spiro atoms. The van der Waals surface area contributed by atoms with Gasteiger partial charge in [0.15, 0.2) is 0 Å². The van der Waals surface area contributed by atoms with Crippen molar-refractivity contribution in [2.24, 2.45) is 5.92 Å². The number of aromatic nitrogens is 2. The maximum absolute atomic E-state index is 12.4. The Morgan fingerprint density at radius 2 is 1.79 bits per heavy atom. The lowest BCUT2D eigenvalue weighted by atomic mass is 10.0. The van der Waals surface area contributed by atoms with Crippen molar-refractivity contribution >= 4 is 27.0 Å². The molecule has 2 rings (SSSR count). The lowest BCUT2D eigenvalue weighted by Gasteiger charge is -2.20. The van der Waals surface area contributed by atoms with E-state index in [0.29, 0.717) is 6.42 Å². The van der Waals surface area contributed by atoms with E-state index in [1.165, 1.54) is 12.1 Å². The molecule has 0 aliphatic carbocycles. The van der Waals surface area contributed by atoms with Crippen LogP contribution in [0.5, 0.6) is 0 Å². The third-order valence-corrected chi connectivity index (χ3v) is 5.20. The Hall–Kier alpha value is -2.46. The number of carbonyl (C=O) groups is 1. The Bertz CT molecular complexity index is 991. The van der Waals surface area contributed by atoms with Gasteiger partial charge < -0.3 is 15.1 Å². The molecule has 0 bridgehead atoms. The van der Waals surface area contributed by atoms with Gasteiger partial charge in [0.1, 0.15) is 6.04 Å². The van der Waals surface area contributed by atoms with Gasteiger partial charge in [0.25, 0.3) is 0 Å². The van der Waals surface area contributed by atoms with Crippen LogP contribution >= 0.6 is 0 Å². The minimum Gasteiger partial charge on any atom is -0.480 e. The molecule has 10 heteroatoms. The molecule has 0 saturated carbocycles. The number of carboxylic acid groups (broad SMARTS) is 1. The van der Waals surface area contributed by atoms with E-state index in [-0.39, 0.29) is 15.9 Å². The van der Waals surface area contributed by atoms with Crippen LogP contribution in [0.15, 0.2) is 32.7 Å². The quantitative estimate of drug-likeness (QED) is 0.536. The summed E-state index contributed by atoms with van der Waals surface area (Å²) >= 11 is 0. The molecule has 0 saturated heterocycles. The van der Waals surface area contributed by atoms with Crippen LogP contribution in [0.3, 0.4) is 0 Å². The van der Waals surface area contributed by atoms with E-state index in [2.05, 4.69) is 14.7 Å². The summed E-state index contributed by atoms with van der Waals surface area (Å²) in [5.41, 5.74) is -1.37. The van der Waals surface area contributed by atoms with Crippen molar-refractivity contribution in [3.05, 3.63) is 38.9 Å². The van der Waals surface area contributed by atoms with Gasteiger partial charge in [-0.1, -0.05) is 20.3 Å². The van der Waals surface area contributed by atoms with Gasteiger partial charge in [0.2, 0.25) is 10.0 Å². The van der Waals surface area contributed by atoms with Crippen LogP contribution in [0.1, 0.15) is 20.3 Å². The fourth-order valence-electron chi connectivity index (χ4n) is 2.14. The van der Waals surface area contributed by atoms with Gasteiger partial charge in [-0.3, -0.25) is 14.4 Å². The zero-order valence-corrected chi connectivity index (χ0v) is 13.8. The molecular weight excluding hydrogens is 338 g/mol. The highest BCUT2D eigenvalue weighted by atomic mass is 32.2. The normalized spacial score (nSPS) is 14.4. The second kappa shape index (κ2) is 6.57. The Morgan fingerprint density at radius 1 is 1.21 bits per heavy atom. The molecule has 1 aromatic carbocycles. The molecule has 1 aromatic heterocycles. The van der Waals surface area contributed by atoms with Crippen molar-refractivity contribution < 1.29 is 18.3 Å². The van der Waals surface area contributed by atoms with Crippen LogP contribution in [0, 0.1) is 5.92 Å². The topological polar surface area (TPSA) is 149 Å². The Labute approximate surface area is 136 Å². The molecule has 4 N–H and O–H groups in total. The second-order valence-electron chi connectivity index (χ2n) is 5.44. The minimum absolute atomic E-state index is 0.123. The summed E-state index contributed by atoms with van der Waals surface area (Å²) in [7, 11) is -4.12. The summed E-state index contributed by atoms with van der Waals surface area (Å²) in [5.74, 6) is -1.68. The second-order valence-corrected chi connectivity index (χ2v) is 7.15. The van der Waals surface area contributed by atoms with Gasteiger partial charge in [0.05, 0.1) is 15.9 Å². The van der Waals surface area contributed by atoms with Gasteiger partial charge in [0, 0.05) is 0 Å². The van der Waals surface area contributed by atoms with E-state index in [1.54, 1.807) is 13.8 Å². The average molecular weight is 355 g/mol. The van der Waals surface area contributed by atoms with Crippen LogP contribution < -0.4 is 15.8 Å². The molecule has 9 nitrogen and oxygen atoms in total. The minimum atomic E-state index is -4.12. The van der Waals surface area contributed by atoms with E-state index >= 15 is 0 Å². The van der Waals surface area contributed by atoms with Crippen LogP contribution in [0.2, 0.25) is 0 Å². The molecule has 130 valence electrons. The van der Waals surface area contributed by atoms with Crippen LogP contribution in [-0.4, -0.2) is 35.5 Å². The summed E-state index contributed by atoms with van der Waals surface area (Å²) in [6.45, 7) is 3.38. The maximum atomic E-state index is 12.4. The highest BCUT2D eigenvalue weighted by Crippen LogP contribution is 2.17. The number of rotatable bonds is 6. The van der Waals surface area contributed by atoms with Gasteiger partial charge in [-0.25, -0.2) is 8.42 Å². The Balaban J connectivity index is 2.47. The van der Waals surface area contributed by atoms with Crippen LogP contribution in [0.25, 0.3) is 11.0 Å². The first kappa shape index (κ1) is 17.9. The highest BCUT2D eigenvalue weighted by Gasteiger charge is 2.29. The summed E-state index contributed by atoms with van der Waals surface area (Å²) in [4.78, 5) is 38.3. The first-order valence-electron chi connectivity index (χ1n) is 7.17. The zero-order chi connectivity index (χ0) is 18.1. The van der Waals surface area contributed by atoms with E-state index in [0.717, 1.165) is 6.07 Å². The van der Waals surface area contributed by atoms with E-state index in [1.807, 2.05) is 0 Å². The lowest BCUT2D eigenvalue weighted by Crippen LogP contribution is -2.44. The number of aromatic amines is 2. The summed E-state index contributed by atoms with van der Waals surface area (Å²) in [6, 6.07) is 2.42. The predicted molar refractivity (Wildman–Crippen MR) is 86.4 cm³/mol. The third-order valence-electron chi connectivity index (χ3n) is 3.77. The number of benzene rings is 1. The Morgan fingerprint density at radius 3 is 2.33 bits per heavy atom. The first-order valence-corrected chi connectivity index (χ1v) is 8.65. The number of sulfonamides is 1. The summed E-state index contributed by atoms with van der Waals surface area (Å²) < 4.78 is 27.0. The number of hydrogen-bond donors (Lipinski definition) is 4. The molecular formula is C14H17N3O6S. The SMILES string of the molecule is CCC(C)C(NS(=O)(=O)c1ccc2[nH]c(=O)c(=O)[nH]c2c1)C(=O)O.